The molecule has 1 heterocycles. The normalized spacial score (nSPS) is 14.2. The van der Waals surface area contributed by atoms with E-state index >= 15 is 0 Å². The van der Waals surface area contributed by atoms with Crippen molar-refractivity contribution in [2.24, 2.45) is 10.7 Å². The summed E-state index contributed by atoms with van der Waals surface area (Å²) < 4.78 is 10.4. The van der Waals surface area contributed by atoms with E-state index in [9.17, 15) is 4.79 Å². The van der Waals surface area contributed by atoms with Crippen LogP contribution in [0.25, 0.3) is 0 Å². The molecule has 0 radical (unpaired) electrons. The first-order valence-electron chi connectivity index (χ1n) is 7.21. The van der Waals surface area contributed by atoms with Gasteiger partial charge in [0.05, 0.1) is 14.2 Å². The highest BCUT2D eigenvalue weighted by Crippen LogP contribution is 2.29. The van der Waals surface area contributed by atoms with Gasteiger partial charge in [-0.3, -0.25) is 4.79 Å². The van der Waals surface area contributed by atoms with Crippen molar-refractivity contribution in [3.63, 3.8) is 0 Å². The topological polar surface area (TPSA) is 89.2 Å². The van der Waals surface area contributed by atoms with E-state index in [0.717, 1.165) is 25.9 Å². The molecule has 0 unspecified atom stereocenters. The Labute approximate surface area is 153 Å². The molecule has 1 aromatic carbocycles. The molecule has 0 aromatic heterocycles. The molecular weight excluding hydrogens is 411 g/mol. The molecule has 1 aliphatic heterocycles. The second-order valence-electron chi connectivity index (χ2n) is 4.98. The van der Waals surface area contributed by atoms with E-state index in [-0.39, 0.29) is 42.4 Å². The van der Waals surface area contributed by atoms with Crippen LogP contribution in [0.4, 0.5) is 5.69 Å². The molecule has 8 heteroatoms. The number of amides is 1. The summed E-state index contributed by atoms with van der Waals surface area (Å²) in [6.45, 7) is 1.70. The monoisotopic (exact) mass is 434 g/mol. The molecule has 23 heavy (non-hydrogen) atoms. The van der Waals surface area contributed by atoms with Gasteiger partial charge in [-0.05, 0) is 25.0 Å². The lowest BCUT2D eigenvalue weighted by Crippen LogP contribution is -2.31. The van der Waals surface area contributed by atoms with Gasteiger partial charge in [-0.15, -0.1) is 24.0 Å². The lowest BCUT2D eigenvalue weighted by atomic mass is 10.3. The van der Waals surface area contributed by atoms with E-state index in [4.69, 9.17) is 15.2 Å². The van der Waals surface area contributed by atoms with E-state index in [2.05, 4.69) is 10.3 Å². The van der Waals surface area contributed by atoms with Crippen LogP contribution in [-0.4, -0.2) is 50.6 Å². The lowest BCUT2D eigenvalue weighted by molar-refractivity contribution is -0.128. The van der Waals surface area contributed by atoms with Crippen molar-refractivity contribution in [1.29, 1.82) is 0 Å². The van der Waals surface area contributed by atoms with E-state index in [0.29, 0.717) is 17.2 Å². The van der Waals surface area contributed by atoms with Gasteiger partial charge in [-0.25, -0.2) is 4.99 Å². The zero-order valence-corrected chi connectivity index (χ0v) is 15.7. The Kier molecular flexibility index (Phi) is 7.93. The molecule has 1 aliphatic rings. The second-order valence-corrected chi connectivity index (χ2v) is 4.98. The summed E-state index contributed by atoms with van der Waals surface area (Å²) in [4.78, 5) is 17.8. The Hall–Kier alpha value is -1.71. The molecule has 1 amide bonds. The number of carbonyl (C=O) groups is 1. The molecule has 128 valence electrons. The fourth-order valence-corrected chi connectivity index (χ4v) is 2.32. The van der Waals surface area contributed by atoms with Crippen LogP contribution < -0.4 is 20.5 Å². The highest BCUT2D eigenvalue weighted by atomic mass is 127. The number of hydrogen-bond donors (Lipinski definition) is 2. The zero-order chi connectivity index (χ0) is 15.9. The first kappa shape index (κ1) is 19.3. The molecule has 0 bridgehead atoms. The van der Waals surface area contributed by atoms with Crippen molar-refractivity contribution in [2.45, 2.75) is 12.8 Å². The number of benzene rings is 1. The van der Waals surface area contributed by atoms with Crippen LogP contribution in [0.1, 0.15) is 12.8 Å². The Morgan fingerprint density at radius 3 is 2.52 bits per heavy atom. The number of rotatable bonds is 5. The van der Waals surface area contributed by atoms with Gasteiger partial charge >= 0.3 is 0 Å². The van der Waals surface area contributed by atoms with Crippen molar-refractivity contribution in [2.75, 3.05) is 39.2 Å². The van der Waals surface area contributed by atoms with Gasteiger partial charge in [0.2, 0.25) is 5.91 Å². The Morgan fingerprint density at radius 2 is 1.91 bits per heavy atom. The van der Waals surface area contributed by atoms with Crippen molar-refractivity contribution < 1.29 is 14.3 Å². The van der Waals surface area contributed by atoms with Crippen LogP contribution in [0.5, 0.6) is 11.5 Å². The molecule has 0 atom stereocenters. The van der Waals surface area contributed by atoms with Crippen molar-refractivity contribution >= 4 is 41.5 Å². The van der Waals surface area contributed by atoms with E-state index < -0.39 is 0 Å². The third-order valence-corrected chi connectivity index (χ3v) is 3.50. The summed E-state index contributed by atoms with van der Waals surface area (Å²) in [6, 6.07) is 5.32. The fourth-order valence-electron chi connectivity index (χ4n) is 2.32. The molecule has 0 aliphatic carbocycles. The van der Waals surface area contributed by atoms with E-state index in [1.54, 1.807) is 32.4 Å². The number of aliphatic imine (C=N–C) groups is 1. The smallest absolute Gasteiger partial charge is 0.244 e. The quantitative estimate of drug-likeness (QED) is 0.418. The zero-order valence-electron chi connectivity index (χ0n) is 13.4. The van der Waals surface area contributed by atoms with Gasteiger partial charge in [0.1, 0.15) is 6.54 Å². The van der Waals surface area contributed by atoms with Gasteiger partial charge < -0.3 is 25.4 Å². The maximum absolute atomic E-state index is 11.9. The minimum atomic E-state index is 0. The number of hydrogen-bond acceptors (Lipinski definition) is 4. The van der Waals surface area contributed by atoms with Crippen LogP contribution in [0.15, 0.2) is 23.2 Å². The van der Waals surface area contributed by atoms with Crippen molar-refractivity contribution in [3.8, 4) is 11.5 Å². The SMILES string of the molecule is COc1ccc(NC(N)=NCC(=O)N2CCCC2)cc1OC.I. The fraction of sp³-hybridized carbons (Fsp3) is 0.467. The average molecular weight is 434 g/mol. The number of nitrogens with one attached hydrogen (secondary N) is 1. The number of halogens is 1. The Morgan fingerprint density at radius 1 is 1.26 bits per heavy atom. The minimum absolute atomic E-state index is 0. The number of nitrogens with zero attached hydrogens (tertiary/aromatic N) is 2. The molecule has 1 fully saturated rings. The molecule has 0 saturated carbocycles. The van der Waals surface area contributed by atoms with Crippen LogP contribution in [0, 0.1) is 0 Å². The number of guanidine groups is 1. The van der Waals surface area contributed by atoms with E-state index in [1.807, 2.05) is 4.90 Å². The summed E-state index contributed by atoms with van der Waals surface area (Å²) >= 11 is 0. The molecule has 1 saturated heterocycles. The molecular formula is C15H23IN4O3. The lowest BCUT2D eigenvalue weighted by Gasteiger charge is -2.14. The first-order chi connectivity index (χ1) is 10.6. The average Bonchev–Trinajstić information content (AvgIpc) is 3.07. The van der Waals surface area contributed by atoms with Crippen molar-refractivity contribution in [1.82, 2.24) is 4.90 Å². The third-order valence-electron chi connectivity index (χ3n) is 3.50. The van der Waals surface area contributed by atoms with Crippen molar-refractivity contribution in [3.05, 3.63) is 18.2 Å². The Balaban J connectivity index is 0.00000264. The van der Waals surface area contributed by atoms with Crippen LogP contribution in [0.3, 0.4) is 0 Å². The highest BCUT2D eigenvalue weighted by Gasteiger charge is 2.17. The second kappa shape index (κ2) is 9.43. The van der Waals surface area contributed by atoms with Gasteiger partial charge in [0, 0.05) is 24.8 Å². The predicted octanol–water partition coefficient (Wildman–Crippen LogP) is 1.67. The summed E-state index contributed by atoms with van der Waals surface area (Å²) in [5, 5.41) is 2.94. The summed E-state index contributed by atoms with van der Waals surface area (Å²) in [7, 11) is 3.14. The standard InChI is InChI=1S/C15H22N4O3.HI/c1-21-12-6-5-11(9-13(12)22-2)18-15(16)17-10-14(20)19-7-3-4-8-19;/h5-6,9H,3-4,7-8,10H2,1-2H3,(H3,16,17,18);1H. The third kappa shape index (κ3) is 5.45. The van der Waals surface area contributed by atoms with Crippen LogP contribution in [-0.2, 0) is 4.79 Å². The number of carbonyl (C=O) groups excluding carboxylic acids is 1. The molecule has 2 rings (SSSR count). The number of likely N-dealkylation sites (tertiary alicyclic amines) is 1. The predicted molar refractivity (Wildman–Crippen MR) is 101 cm³/mol. The molecule has 7 nitrogen and oxygen atoms in total. The minimum Gasteiger partial charge on any atom is -0.493 e. The maximum Gasteiger partial charge on any atom is 0.244 e. The number of anilines is 1. The molecule has 1 aromatic rings. The number of methoxy groups -OCH3 is 2. The molecule has 3 N–H and O–H groups in total. The Bertz CT molecular complexity index is 560. The highest BCUT2D eigenvalue weighted by molar-refractivity contribution is 14.0. The number of ether oxygens (including phenoxy) is 2. The largest absolute Gasteiger partial charge is 0.493 e. The summed E-state index contributed by atoms with van der Waals surface area (Å²) in [5.41, 5.74) is 6.53. The van der Waals surface area contributed by atoms with Gasteiger partial charge in [-0.1, -0.05) is 0 Å². The summed E-state index contributed by atoms with van der Waals surface area (Å²) in [6.07, 6.45) is 2.13. The van der Waals surface area contributed by atoms with E-state index in [1.165, 1.54) is 0 Å². The van der Waals surface area contributed by atoms with Gasteiger partial charge in [-0.2, -0.15) is 0 Å². The number of nitrogens with two attached hydrogens (primary N) is 1. The first-order valence-corrected chi connectivity index (χ1v) is 7.21. The molecule has 0 spiro atoms. The van der Waals surface area contributed by atoms with Gasteiger partial charge in [0.15, 0.2) is 17.5 Å². The van der Waals surface area contributed by atoms with Gasteiger partial charge in [0.25, 0.3) is 0 Å². The van der Waals surface area contributed by atoms with Crippen LogP contribution in [0.2, 0.25) is 0 Å². The maximum atomic E-state index is 11.9. The van der Waals surface area contributed by atoms with Crippen LogP contribution >= 0.6 is 24.0 Å². The summed E-state index contributed by atoms with van der Waals surface area (Å²) in [5.74, 6) is 1.43.